The van der Waals surface area contributed by atoms with Gasteiger partial charge in [-0.05, 0) is 58.8 Å². The van der Waals surface area contributed by atoms with Crippen molar-refractivity contribution in [2.45, 2.75) is 83.4 Å². The summed E-state index contributed by atoms with van der Waals surface area (Å²) in [4.78, 5) is 13.9. The predicted molar refractivity (Wildman–Crippen MR) is 91.4 cm³/mol. The number of aliphatic hydroxyl groups excluding tert-OH is 1. The minimum absolute atomic E-state index is 0.188. The molecule has 1 heterocycles. The fourth-order valence-electron chi connectivity index (χ4n) is 3.80. The van der Waals surface area contributed by atoms with Crippen molar-refractivity contribution in [1.29, 1.82) is 0 Å². The summed E-state index contributed by atoms with van der Waals surface area (Å²) in [5.74, 6) is 0.609. The van der Waals surface area contributed by atoms with Crippen LogP contribution >= 0.6 is 0 Å². The topological polar surface area (TPSA) is 61.8 Å². The minimum Gasteiger partial charge on any atom is -0.444 e. The van der Waals surface area contributed by atoms with E-state index in [1.807, 2.05) is 25.7 Å². The zero-order chi connectivity index (χ0) is 16.9. The van der Waals surface area contributed by atoms with Crippen LogP contribution in [0.5, 0.6) is 0 Å². The summed E-state index contributed by atoms with van der Waals surface area (Å²) in [6.07, 6.45) is 7.73. The van der Waals surface area contributed by atoms with E-state index in [9.17, 15) is 9.90 Å². The molecule has 5 heteroatoms. The minimum atomic E-state index is -0.425. The van der Waals surface area contributed by atoms with Crippen LogP contribution < -0.4 is 5.32 Å². The number of piperidine rings is 1. The summed E-state index contributed by atoms with van der Waals surface area (Å²) < 4.78 is 5.45. The third-order valence-corrected chi connectivity index (χ3v) is 5.01. The summed E-state index contributed by atoms with van der Waals surface area (Å²) in [6, 6.07) is 1.02. The molecule has 1 aliphatic heterocycles. The number of aliphatic hydroxyl groups is 1. The number of nitrogens with zero attached hydrogens (tertiary/aromatic N) is 1. The summed E-state index contributed by atoms with van der Waals surface area (Å²) in [7, 11) is 0. The first-order valence-electron chi connectivity index (χ1n) is 9.24. The van der Waals surface area contributed by atoms with Gasteiger partial charge in [-0.25, -0.2) is 4.79 Å². The number of ether oxygens (including phenoxy) is 1. The van der Waals surface area contributed by atoms with Gasteiger partial charge in [0.1, 0.15) is 5.60 Å². The Hall–Kier alpha value is -0.810. The Labute approximate surface area is 140 Å². The average Bonchev–Trinajstić information content (AvgIpc) is 2.48. The van der Waals surface area contributed by atoms with Gasteiger partial charge in [0, 0.05) is 31.8 Å². The highest BCUT2D eigenvalue weighted by molar-refractivity contribution is 5.68. The number of carbonyl (C=O) groups excluding carboxylic acids is 1. The largest absolute Gasteiger partial charge is 0.444 e. The van der Waals surface area contributed by atoms with Crippen LogP contribution in [0.3, 0.4) is 0 Å². The van der Waals surface area contributed by atoms with Crippen molar-refractivity contribution in [1.82, 2.24) is 10.2 Å². The lowest BCUT2D eigenvalue weighted by Gasteiger charge is -2.39. The molecule has 0 aromatic heterocycles. The van der Waals surface area contributed by atoms with Crippen LogP contribution in [-0.4, -0.2) is 53.5 Å². The lowest BCUT2D eigenvalue weighted by molar-refractivity contribution is 0.0190. The summed E-state index contributed by atoms with van der Waals surface area (Å²) in [5, 5.41) is 13.1. The standard InChI is InChI=1S/C18H34N2O3/c1-18(2,3)23-17(22)20-11-8-15(9-12-20)19-16-7-5-4-6-14(16)10-13-21/h14-16,19,21H,4-13H2,1-3H3/t14-,16+/m1/s1. The molecule has 5 nitrogen and oxygen atoms in total. The van der Waals surface area contributed by atoms with Gasteiger partial charge >= 0.3 is 6.09 Å². The molecular formula is C18H34N2O3. The smallest absolute Gasteiger partial charge is 0.410 e. The summed E-state index contributed by atoms with van der Waals surface area (Å²) in [5.41, 5.74) is -0.425. The number of amides is 1. The number of hydrogen-bond acceptors (Lipinski definition) is 4. The Morgan fingerprint density at radius 1 is 1.17 bits per heavy atom. The number of rotatable bonds is 4. The molecule has 1 saturated carbocycles. The number of hydrogen-bond donors (Lipinski definition) is 2. The zero-order valence-electron chi connectivity index (χ0n) is 15.0. The molecule has 0 aromatic rings. The number of carbonyl (C=O) groups is 1. The molecule has 134 valence electrons. The molecule has 1 aliphatic carbocycles. The molecule has 2 fully saturated rings. The van der Waals surface area contributed by atoms with Crippen molar-refractivity contribution < 1.29 is 14.6 Å². The van der Waals surface area contributed by atoms with Crippen molar-refractivity contribution in [2.24, 2.45) is 5.92 Å². The van der Waals surface area contributed by atoms with E-state index in [2.05, 4.69) is 5.32 Å². The quantitative estimate of drug-likeness (QED) is 0.834. The Kier molecular flexibility index (Phi) is 6.72. The van der Waals surface area contributed by atoms with E-state index in [1.54, 1.807) is 0 Å². The molecule has 1 amide bonds. The molecule has 1 saturated heterocycles. The molecule has 0 radical (unpaired) electrons. The number of likely N-dealkylation sites (tertiary alicyclic amines) is 1. The second-order valence-electron chi connectivity index (χ2n) is 8.07. The maximum Gasteiger partial charge on any atom is 0.410 e. The first kappa shape index (κ1) is 18.5. The predicted octanol–water partition coefficient (Wildman–Crippen LogP) is 2.92. The molecule has 2 atom stereocenters. The van der Waals surface area contributed by atoms with Crippen LogP contribution in [-0.2, 0) is 4.74 Å². The molecule has 23 heavy (non-hydrogen) atoms. The van der Waals surface area contributed by atoms with Gasteiger partial charge in [-0.15, -0.1) is 0 Å². The van der Waals surface area contributed by atoms with Gasteiger partial charge in [0.15, 0.2) is 0 Å². The average molecular weight is 326 g/mol. The van der Waals surface area contributed by atoms with Gasteiger partial charge in [-0.3, -0.25) is 0 Å². The van der Waals surface area contributed by atoms with Crippen LogP contribution in [0, 0.1) is 5.92 Å². The van der Waals surface area contributed by atoms with Crippen molar-refractivity contribution in [3.05, 3.63) is 0 Å². The highest BCUT2D eigenvalue weighted by Gasteiger charge is 2.30. The van der Waals surface area contributed by atoms with Gasteiger partial charge < -0.3 is 20.1 Å². The van der Waals surface area contributed by atoms with Crippen molar-refractivity contribution in [3.8, 4) is 0 Å². The normalized spacial score (nSPS) is 27.0. The number of nitrogens with one attached hydrogen (secondary N) is 1. The van der Waals surface area contributed by atoms with E-state index in [0.29, 0.717) is 24.6 Å². The Morgan fingerprint density at radius 2 is 1.83 bits per heavy atom. The summed E-state index contributed by atoms with van der Waals surface area (Å²) in [6.45, 7) is 7.55. The van der Waals surface area contributed by atoms with Crippen molar-refractivity contribution in [3.63, 3.8) is 0 Å². The van der Waals surface area contributed by atoms with Crippen molar-refractivity contribution in [2.75, 3.05) is 19.7 Å². The Bertz CT molecular complexity index is 371. The Balaban J connectivity index is 1.76. The van der Waals surface area contributed by atoms with Crippen LogP contribution in [0.15, 0.2) is 0 Å². The third-order valence-electron chi connectivity index (χ3n) is 5.01. The molecule has 2 rings (SSSR count). The van der Waals surface area contributed by atoms with E-state index < -0.39 is 5.60 Å². The molecule has 0 aromatic carbocycles. The SMILES string of the molecule is CC(C)(C)OC(=O)N1CCC(N[C@H]2CCCC[C@@H]2CCO)CC1. The monoisotopic (exact) mass is 326 g/mol. The first-order valence-corrected chi connectivity index (χ1v) is 9.24. The van der Waals surface area contributed by atoms with Crippen LogP contribution in [0.2, 0.25) is 0 Å². The molecule has 2 aliphatic rings. The van der Waals surface area contributed by atoms with Gasteiger partial charge in [-0.2, -0.15) is 0 Å². The zero-order valence-corrected chi connectivity index (χ0v) is 15.0. The van der Waals surface area contributed by atoms with Crippen LogP contribution in [0.4, 0.5) is 4.79 Å². The van der Waals surface area contributed by atoms with Gasteiger partial charge in [0.25, 0.3) is 0 Å². The fourth-order valence-corrected chi connectivity index (χ4v) is 3.80. The maximum absolute atomic E-state index is 12.1. The first-order chi connectivity index (χ1) is 10.9. The fraction of sp³-hybridized carbons (Fsp3) is 0.944. The van der Waals surface area contributed by atoms with Crippen LogP contribution in [0.25, 0.3) is 0 Å². The van der Waals surface area contributed by atoms with Gasteiger partial charge in [0.05, 0.1) is 0 Å². The van der Waals surface area contributed by atoms with E-state index in [1.165, 1.54) is 25.7 Å². The maximum atomic E-state index is 12.1. The van der Waals surface area contributed by atoms with Crippen LogP contribution in [0.1, 0.15) is 65.7 Å². The van der Waals surface area contributed by atoms with E-state index in [4.69, 9.17) is 4.74 Å². The molecule has 0 bridgehead atoms. The van der Waals surface area contributed by atoms with Gasteiger partial charge in [0.2, 0.25) is 0 Å². The lowest BCUT2D eigenvalue weighted by Crippen LogP contribution is -2.51. The highest BCUT2D eigenvalue weighted by atomic mass is 16.6. The molecule has 2 N–H and O–H groups in total. The third kappa shape index (κ3) is 5.96. The Morgan fingerprint density at radius 3 is 2.43 bits per heavy atom. The molecule has 0 spiro atoms. The summed E-state index contributed by atoms with van der Waals surface area (Å²) >= 11 is 0. The van der Waals surface area contributed by atoms with Gasteiger partial charge in [-0.1, -0.05) is 12.8 Å². The van der Waals surface area contributed by atoms with E-state index in [-0.39, 0.29) is 6.09 Å². The molecular weight excluding hydrogens is 292 g/mol. The van der Waals surface area contributed by atoms with E-state index in [0.717, 1.165) is 32.4 Å². The second-order valence-corrected chi connectivity index (χ2v) is 8.07. The lowest BCUT2D eigenvalue weighted by atomic mass is 9.82. The molecule has 0 unspecified atom stereocenters. The van der Waals surface area contributed by atoms with Crippen molar-refractivity contribution >= 4 is 6.09 Å². The highest BCUT2D eigenvalue weighted by Crippen LogP contribution is 2.28. The van der Waals surface area contributed by atoms with E-state index >= 15 is 0 Å². The second kappa shape index (κ2) is 8.34.